The smallest absolute Gasteiger partial charge is 0.321 e. The Hall–Kier alpha value is -2.15. The van der Waals surface area contributed by atoms with E-state index in [-0.39, 0.29) is 11.7 Å². The maximum absolute atomic E-state index is 12.2. The zero-order valence-electron chi connectivity index (χ0n) is 12.0. The molecule has 2 atom stereocenters. The van der Waals surface area contributed by atoms with Gasteiger partial charge in [-0.05, 0) is 30.9 Å². The molecule has 0 bridgehead atoms. The molecule has 2 unspecified atom stereocenters. The van der Waals surface area contributed by atoms with E-state index in [1.807, 2.05) is 0 Å². The summed E-state index contributed by atoms with van der Waals surface area (Å²) in [6.07, 6.45) is 0.921. The molecule has 0 saturated carbocycles. The first-order valence-corrected chi connectivity index (χ1v) is 7.01. The molecule has 0 aromatic heterocycles. The maximum atomic E-state index is 12.2. The minimum atomic E-state index is -0.483. The molecule has 7 nitrogen and oxygen atoms in total. The van der Waals surface area contributed by atoms with Gasteiger partial charge in [0.15, 0.2) is 0 Å². The first-order valence-electron chi connectivity index (χ1n) is 7.01. The van der Waals surface area contributed by atoms with Crippen molar-refractivity contribution in [3.63, 3.8) is 0 Å². The van der Waals surface area contributed by atoms with Crippen LogP contribution < -0.4 is 11.1 Å². The number of carbonyl (C=O) groups excluding carboxylic acids is 1. The van der Waals surface area contributed by atoms with Crippen molar-refractivity contribution in [2.75, 3.05) is 25.0 Å². The number of rotatable bonds is 3. The number of nitrogens with zero attached hydrogens (tertiary/aromatic N) is 2. The Morgan fingerprint density at radius 1 is 1.57 bits per heavy atom. The van der Waals surface area contributed by atoms with Crippen molar-refractivity contribution in [1.82, 2.24) is 4.90 Å². The number of nitrogens with two attached hydrogens (primary N) is 1. The lowest BCUT2D eigenvalue weighted by Crippen LogP contribution is -2.47. The molecule has 2 rings (SSSR count). The Labute approximate surface area is 123 Å². The largest absolute Gasteiger partial charge is 0.330 e. The second-order valence-electron chi connectivity index (χ2n) is 5.45. The zero-order valence-corrected chi connectivity index (χ0v) is 12.0. The van der Waals surface area contributed by atoms with Crippen molar-refractivity contribution in [1.29, 1.82) is 0 Å². The summed E-state index contributed by atoms with van der Waals surface area (Å²) in [6, 6.07) is 5.70. The molecule has 3 N–H and O–H groups in total. The van der Waals surface area contributed by atoms with Crippen LogP contribution in [0.4, 0.5) is 16.2 Å². The van der Waals surface area contributed by atoms with Crippen LogP contribution in [0.2, 0.25) is 0 Å². The van der Waals surface area contributed by atoms with Gasteiger partial charge in [0.25, 0.3) is 5.69 Å². The highest BCUT2D eigenvalue weighted by Gasteiger charge is 2.28. The van der Waals surface area contributed by atoms with Crippen LogP contribution in [0, 0.1) is 22.0 Å². The number of likely N-dealkylation sites (tertiary alicyclic amines) is 1. The van der Waals surface area contributed by atoms with Crippen molar-refractivity contribution in [2.45, 2.75) is 13.3 Å². The van der Waals surface area contributed by atoms with Crippen LogP contribution in [-0.2, 0) is 0 Å². The van der Waals surface area contributed by atoms with Crippen LogP contribution in [0.5, 0.6) is 0 Å². The monoisotopic (exact) mass is 292 g/mol. The van der Waals surface area contributed by atoms with Crippen LogP contribution in [0.25, 0.3) is 0 Å². The number of nitrogens with one attached hydrogen (secondary N) is 1. The first kappa shape index (κ1) is 15.2. The number of amides is 2. The van der Waals surface area contributed by atoms with E-state index in [4.69, 9.17) is 5.73 Å². The highest BCUT2D eigenvalue weighted by molar-refractivity contribution is 5.89. The SMILES string of the molecule is CC1CCN(C(=O)Nc2cccc([N+](=O)[O-])c2)CC1CN. The predicted octanol–water partition coefficient (Wildman–Crippen LogP) is 2.04. The van der Waals surface area contributed by atoms with E-state index in [9.17, 15) is 14.9 Å². The van der Waals surface area contributed by atoms with Crippen LogP contribution >= 0.6 is 0 Å². The van der Waals surface area contributed by atoms with Gasteiger partial charge in [0, 0.05) is 30.9 Å². The lowest BCUT2D eigenvalue weighted by atomic mass is 9.87. The lowest BCUT2D eigenvalue weighted by Gasteiger charge is -2.36. The van der Waals surface area contributed by atoms with Gasteiger partial charge in [-0.1, -0.05) is 13.0 Å². The van der Waals surface area contributed by atoms with Gasteiger partial charge in [-0.25, -0.2) is 4.79 Å². The molecule has 1 aromatic carbocycles. The second-order valence-corrected chi connectivity index (χ2v) is 5.45. The fourth-order valence-electron chi connectivity index (χ4n) is 2.54. The third-order valence-corrected chi connectivity index (χ3v) is 4.01. The van der Waals surface area contributed by atoms with Gasteiger partial charge in [0.1, 0.15) is 0 Å². The van der Waals surface area contributed by atoms with Gasteiger partial charge in [0.05, 0.1) is 4.92 Å². The van der Waals surface area contributed by atoms with Crippen LogP contribution in [-0.4, -0.2) is 35.5 Å². The molecule has 1 saturated heterocycles. The average Bonchev–Trinajstić information content (AvgIpc) is 2.47. The third-order valence-electron chi connectivity index (χ3n) is 4.01. The molecule has 2 amide bonds. The number of piperidine rings is 1. The van der Waals surface area contributed by atoms with Gasteiger partial charge >= 0.3 is 6.03 Å². The van der Waals surface area contributed by atoms with Crippen LogP contribution in [0.3, 0.4) is 0 Å². The number of nitro benzene ring substituents is 1. The molecule has 1 heterocycles. The van der Waals surface area contributed by atoms with Crippen molar-refractivity contribution < 1.29 is 9.72 Å². The Balaban J connectivity index is 2.01. The fourth-order valence-corrected chi connectivity index (χ4v) is 2.54. The first-order chi connectivity index (χ1) is 10.0. The number of benzene rings is 1. The number of carbonyl (C=O) groups is 1. The highest BCUT2D eigenvalue weighted by Crippen LogP contribution is 2.23. The summed E-state index contributed by atoms with van der Waals surface area (Å²) >= 11 is 0. The number of anilines is 1. The summed E-state index contributed by atoms with van der Waals surface area (Å²) in [5.41, 5.74) is 6.11. The molecule has 1 aliphatic rings. The van der Waals surface area contributed by atoms with Crippen molar-refractivity contribution in [3.05, 3.63) is 34.4 Å². The molecule has 0 radical (unpaired) electrons. The summed E-state index contributed by atoms with van der Waals surface area (Å²) < 4.78 is 0. The molecule has 21 heavy (non-hydrogen) atoms. The minimum absolute atomic E-state index is 0.0418. The summed E-state index contributed by atoms with van der Waals surface area (Å²) in [6.45, 7) is 4.01. The van der Waals surface area contributed by atoms with E-state index in [2.05, 4.69) is 12.2 Å². The number of hydrogen-bond donors (Lipinski definition) is 2. The van der Waals surface area contributed by atoms with E-state index in [0.717, 1.165) is 6.42 Å². The predicted molar refractivity (Wildman–Crippen MR) is 80.0 cm³/mol. The maximum Gasteiger partial charge on any atom is 0.321 e. The number of urea groups is 1. The summed E-state index contributed by atoms with van der Waals surface area (Å²) in [7, 11) is 0. The standard InChI is InChI=1S/C14H20N4O3/c1-10-5-6-17(9-11(10)8-15)14(19)16-12-3-2-4-13(7-12)18(20)21/h2-4,7,10-11H,5-6,8-9,15H2,1H3,(H,16,19). The fraction of sp³-hybridized carbons (Fsp3) is 0.500. The molecule has 0 aliphatic carbocycles. The second kappa shape index (κ2) is 6.53. The molecular formula is C14H20N4O3. The lowest BCUT2D eigenvalue weighted by molar-refractivity contribution is -0.384. The van der Waals surface area contributed by atoms with Gasteiger partial charge in [-0.15, -0.1) is 0 Å². The Kier molecular flexibility index (Phi) is 4.74. The normalized spacial score (nSPS) is 21.9. The summed E-state index contributed by atoms with van der Waals surface area (Å²) in [4.78, 5) is 24.2. The van der Waals surface area contributed by atoms with E-state index >= 15 is 0 Å². The van der Waals surface area contributed by atoms with Crippen LogP contribution in [0.15, 0.2) is 24.3 Å². The van der Waals surface area contributed by atoms with Gasteiger partial charge in [-0.2, -0.15) is 0 Å². The average molecular weight is 292 g/mol. The summed E-state index contributed by atoms with van der Waals surface area (Å²) in [5, 5.41) is 13.4. The minimum Gasteiger partial charge on any atom is -0.330 e. The molecule has 1 aliphatic heterocycles. The molecule has 1 aromatic rings. The van der Waals surface area contributed by atoms with Gasteiger partial charge in [-0.3, -0.25) is 10.1 Å². The Bertz CT molecular complexity index is 535. The number of nitro groups is 1. The quantitative estimate of drug-likeness (QED) is 0.657. The van der Waals surface area contributed by atoms with E-state index in [1.165, 1.54) is 12.1 Å². The van der Waals surface area contributed by atoms with Gasteiger partial charge < -0.3 is 16.0 Å². The highest BCUT2D eigenvalue weighted by atomic mass is 16.6. The third kappa shape index (κ3) is 3.69. The number of non-ortho nitro benzene ring substituents is 1. The van der Waals surface area contributed by atoms with E-state index < -0.39 is 4.92 Å². The zero-order chi connectivity index (χ0) is 15.4. The molecular weight excluding hydrogens is 272 g/mol. The van der Waals surface area contributed by atoms with Crippen molar-refractivity contribution >= 4 is 17.4 Å². The van der Waals surface area contributed by atoms with Gasteiger partial charge in [0.2, 0.25) is 0 Å². The van der Waals surface area contributed by atoms with Crippen molar-refractivity contribution in [2.24, 2.45) is 17.6 Å². The molecule has 114 valence electrons. The van der Waals surface area contributed by atoms with Crippen molar-refractivity contribution in [3.8, 4) is 0 Å². The topological polar surface area (TPSA) is 102 Å². The van der Waals surface area contributed by atoms with E-state index in [0.29, 0.717) is 37.2 Å². The Morgan fingerprint density at radius 3 is 3.00 bits per heavy atom. The molecule has 7 heteroatoms. The summed E-state index contributed by atoms with van der Waals surface area (Å²) in [5.74, 6) is 0.812. The molecule has 1 fully saturated rings. The number of hydrogen-bond acceptors (Lipinski definition) is 4. The Morgan fingerprint density at radius 2 is 2.33 bits per heavy atom. The van der Waals surface area contributed by atoms with E-state index in [1.54, 1.807) is 17.0 Å². The van der Waals surface area contributed by atoms with Crippen LogP contribution in [0.1, 0.15) is 13.3 Å². The molecule has 0 spiro atoms.